The molecular weight excluding hydrogens is 310 g/mol. The molecule has 3 heterocycles. The van der Waals surface area contributed by atoms with Crippen LogP contribution < -0.4 is 10.6 Å². The standard InChI is InChI=1S/C16H19N5OS/c1-12(9-13-5-4-8-23-13)10-17-16(22)18-11-15-20-19-14-6-2-3-7-21(14)15/h2-8,12H,9-11H2,1H3,(H2,17,18,22). The van der Waals surface area contributed by atoms with Crippen LogP contribution in [-0.4, -0.2) is 27.2 Å². The minimum Gasteiger partial charge on any atom is -0.338 e. The average Bonchev–Trinajstić information content (AvgIpc) is 3.20. The Kier molecular flexibility index (Phi) is 4.87. The highest BCUT2D eigenvalue weighted by atomic mass is 32.1. The van der Waals surface area contributed by atoms with Gasteiger partial charge >= 0.3 is 6.03 Å². The zero-order valence-electron chi connectivity index (χ0n) is 12.9. The van der Waals surface area contributed by atoms with Crippen LogP contribution >= 0.6 is 11.3 Å². The van der Waals surface area contributed by atoms with Crippen LogP contribution in [0.2, 0.25) is 0 Å². The fourth-order valence-electron chi connectivity index (χ4n) is 2.34. The summed E-state index contributed by atoms with van der Waals surface area (Å²) in [5.41, 5.74) is 0.772. The van der Waals surface area contributed by atoms with Crippen molar-refractivity contribution in [3.63, 3.8) is 0 Å². The summed E-state index contributed by atoms with van der Waals surface area (Å²) < 4.78 is 1.86. The van der Waals surface area contributed by atoms with Crippen LogP contribution in [0.3, 0.4) is 0 Å². The first-order valence-electron chi connectivity index (χ1n) is 7.55. The summed E-state index contributed by atoms with van der Waals surface area (Å²) in [4.78, 5) is 13.2. The number of aromatic nitrogens is 3. The van der Waals surface area contributed by atoms with Gasteiger partial charge in [-0.2, -0.15) is 0 Å². The lowest BCUT2D eigenvalue weighted by atomic mass is 10.1. The lowest BCUT2D eigenvalue weighted by Gasteiger charge is -2.12. The molecule has 0 radical (unpaired) electrons. The number of fused-ring (bicyclic) bond motifs is 1. The second-order valence-corrected chi connectivity index (χ2v) is 6.53. The van der Waals surface area contributed by atoms with Crippen molar-refractivity contribution >= 4 is 23.0 Å². The molecule has 120 valence electrons. The highest BCUT2D eigenvalue weighted by Crippen LogP contribution is 2.13. The zero-order chi connectivity index (χ0) is 16.1. The third kappa shape index (κ3) is 4.07. The molecule has 1 unspecified atom stereocenters. The van der Waals surface area contributed by atoms with E-state index in [-0.39, 0.29) is 6.03 Å². The number of hydrogen-bond acceptors (Lipinski definition) is 4. The van der Waals surface area contributed by atoms with Gasteiger partial charge in [0.1, 0.15) is 0 Å². The molecule has 0 aromatic carbocycles. The van der Waals surface area contributed by atoms with E-state index >= 15 is 0 Å². The maximum atomic E-state index is 11.9. The van der Waals surface area contributed by atoms with Gasteiger partial charge in [-0.3, -0.25) is 4.40 Å². The van der Waals surface area contributed by atoms with Gasteiger partial charge < -0.3 is 10.6 Å². The van der Waals surface area contributed by atoms with Gasteiger partial charge in [0.25, 0.3) is 0 Å². The Balaban J connectivity index is 1.44. The minimum atomic E-state index is -0.185. The Morgan fingerprint density at radius 2 is 2.17 bits per heavy atom. The van der Waals surface area contributed by atoms with Crippen LogP contribution in [0.15, 0.2) is 41.9 Å². The Hall–Kier alpha value is -2.41. The minimum absolute atomic E-state index is 0.185. The number of nitrogens with one attached hydrogen (secondary N) is 2. The molecule has 3 rings (SSSR count). The second-order valence-electron chi connectivity index (χ2n) is 5.50. The van der Waals surface area contributed by atoms with Crippen LogP contribution in [0, 0.1) is 5.92 Å². The van der Waals surface area contributed by atoms with Crippen LogP contribution in [-0.2, 0) is 13.0 Å². The van der Waals surface area contributed by atoms with Crippen molar-refractivity contribution in [2.45, 2.75) is 19.9 Å². The molecule has 6 nitrogen and oxygen atoms in total. The van der Waals surface area contributed by atoms with E-state index in [1.165, 1.54) is 4.88 Å². The number of carbonyl (C=O) groups excluding carboxylic acids is 1. The van der Waals surface area contributed by atoms with Gasteiger partial charge in [0.05, 0.1) is 6.54 Å². The monoisotopic (exact) mass is 329 g/mol. The Labute approximate surface area is 138 Å². The topological polar surface area (TPSA) is 71.3 Å². The zero-order valence-corrected chi connectivity index (χ0v) is 13.7. The normalized spacial score (nSPS) is 12.2. The van der Waals surface area contributed by atoms with E-state index in [2.05, 4.69) is 45.3 Å². The fraction of sp³-hybridized carbons (Fsp3) is 0.312. The molecule has 23 heavy (non-hydrogen) atoms. The van der Waals surface area contributed by atoms with E-state index in [0.29, 0.717) is 24.8 Å². The third-order valence-corrected chi connectivity index (χ3v) is 4.43. The molecule has 3 aromatic rings. The lowest BCUT2D eigenvalue weighted by Crippen LogP contribution is -2.38. The van der Waals surface area contributed by atoms with Crippen LogP contribution in [0.4, 0.5) is 4.79 Å². The first kappa shape index (κ1) is 15.5. The maximum Gasteiger partial charge on any atom is 0.315 e. The van der Waals surface area contributed by atoms with Crippen molar-refractivity contribution in [3.8, 4) is 0 Å². The molecule has 0 aliphatic rings. The highest BCUT2D eigenvalue weighted by Gasteiger charge is 2.09. The van der Waals surface area contributed by atoms with Crippen molar-refractivity contribution in [2.24, 2.45) is 5.92 Å². The fourth-order valence-corrected chi connectivity index (χ4v) is 3.21. The summed E-state index contributed by atoms with van der Waals surface area (Å²) in [5, 5.41) is 15.9. The van der Waals surface area contributed by atoms with Gasteiger partial charge in [-0.1, -0.05) is 19.1 Å². The molecule has 0 aliphatic heterocycles. The summed E-state index contributed by atoms with van der Waals surface area (Å²) in [6.45, 7) is 3.12. The van der Waals surface area contributed by atoms with Gasteiger partial charge in [-0.25, -0.2) is 4.79 Å². The van der Waals surface area contributed by atoms with Crippen molar-refractivity contribution in [3.05, 3.63) is 52.6 Å². The smallest absolute Gasteiger partial charge is 0.315 e. The van der Waals surface area contributed by atoms with E-state index in [0.717, 1.165) is 12.1 Å². The van der Waals surface area contributed by atoms with Crippen molar-refractivity contribution in [2.75, 3.05) is 6.54 Å². The summed E-state index contributed by atoms with van der Waals surface area (Å²) in [7, 11) is 0. The molecule has 0 saturated heterocycles. The third-order valence-electron chi connectivity index (χ3n) is 3.53. The molecule has 0 aliphatic carbocycles. The summed E-state index contributed by atoms with van der Waals surface area (Å²) >= 11 is 1.75. The van der Waals surface area contributed by atoms with Crippen LogP contribution in [0.25, 0.3) is 5.65 Å². The first-order valence-corrected chi connectivity index (χ1v) is 8.43. The molecule has 0 spiro atoms. The molecule has 7 heteroatoms. The second kappa shape index (κ2) is 7.23. The quantitative estimate of drug-likeness (QED) is 0.730. The van der Waals surface area contributed by atoms with Gasteiger partial charge in [-0.15, -0.1) is 21.5 Å². The number of pyridine rings is 1. The molecule has 0 saturated carbocycles. The number of urea groups is 1. The molecular formula is C16H19N5OS. The molecule has 3 aromatic heterocycles. The van der Waals surface area contributed by atoms with E-state index in [1.54, 1.807) is 11.3 Å². The number of thiophene rings is 1. The Morgan fingerprint density at radius 3 is 3.00 bits per heavy atom. The molecule has 2 N–H and O–H groups in total. The van der Waals surface area contributed by atoms with Crippen molar-refractivity contribution < 1.29 is 4.79 Å². The summed E-state index contributed by atoms with van der Waals surface area (Å²) in [5.74, 6) is 1.11. The van der Waals surface area contributed by atoms with E-state index < -0.39 is 0 Å². The Bertz CT molecular complexity index is 768. The van der Waals surface area contributed by atoms with Gasteiger partial charge in [-0.05, 0) is 35.9 Å². The number of nitrogens with zero attached hydrogens (tertiary/aromatic N) is 3. The van der Waals surface area contributed by atoms with E-state index in [4.69, 9.17) is 0 Å². The van der Waals surface area contributed by atoms with Crippen LogP contribution in [0.1, 0.15) is 17.6 Å². The highest BCUT2D eigenvalue weighted by molar-refractivity contribution is 7.09. The molecule has 2 amide bonds. The van der Waals surface area contributed by atoms with Crippen molar-refractivity contribution in [1.82, 2.24) is 25.2 Å². The predicted octanol–water partition coefficient (Wildman–Crippen LogP) is 2.47. The Morgan fingerprint density at radius 1 is 1.26 bits per heavy atom. The number of rotatable bonds is 6. The van der Waals surface area contributed by atoms with E-state index in [1.807, 2.05) is 28.8 Å². The molecule has 0 fully saturated rings. The number of carbonyl (C=O) groups is 1. The van der Waals surface area contributed by atoms with E-state index in [9.17, 15) is 4.79 Å². The maximum absolute atomic E-state index is 11.9. The van der Waals surface area contributed by atoms with Gasteiger partial charge in [0, 0.05) is 17.6 Å². The summed E-state index contributed by atoms with van der Waals surface area (Å²) in [6, 6.07) is 9.68. The molecule has 0 bridgehead atoms. The summed E-state index contributed by atoms with van der Waals surface area (Å²) in [6.07, 6.45) is 2.86. The first-order chi connectivity index (χ1) is 11.2. The van der Waals surface area contributed by atoms with Gasteiger partial charge in [0.2, 0.25) is 0 Å². The largest absolute Gasteiger partial charge is 0.338 e. The number of amides is 2. The predicted molar refractivity (Wildman–Crippen MR) is 90.4 cm³/mol. The number of hydrogen-bond donors (Lipinski definition) is 2. The van der Waals surface area contributed by atoms with Crippen LogP contribution in [0.5, 0.6) is 0 Å². The van der Waals surface area contributed by atoms with Crippen molar-refractivity contribution in [1.29, 1.82) is 0 Å². The average molecular weight is 329 g/mol. The lowest BCUT2D eigenvalue weighted by molar-refractivity contribution is 0.238. The van der Waals surface area contributed by atoms with Gasteiger partial charge in [0.15, 0.2) is 11.5 Å². The SMILES string of the molecule is CC(CNC(=O)NCc1nnc2ccccn12)Cc1cccs1. The molecule has 1 atom stereocenters.